The minimum Gasteiger partial charge on any atom is -0.475 e. The standard InChI is InChI=1S/C28H21N11O.2C2HF3O2/c1-2-10-18-17(9-1)31-23(32-18)34-24-36-27(21-13-5-7-15-29-21)28(37-24,22-14-6-8-16-30-22)39-25(38-27)35-26-33-19-11-3-4-12-20(19)40-26;2*3-2(4,5)1(6)7/h1-16H,(H2,33,35,38,39)(H3,31,32,34,36,37);2*(H,6,7). The van der Waals surface area contributed by atoms with Crippen LogP contribution in [0, 0.1) is 0 Å². The Labute approximate surface area is 297 Å². The van der Waals surface area contributed by atoms with Crippen molar-refractivity contribution in [2.45, 2.75) is 23.7 Å². The van der Waals surface area contributed by atoms with Gasteiger partial charge >= 0.3 is 30.3 Å². The summed E-state index contributed by atoms with van der Waals surface area (Å²) in [5, 5.41) is 28.3. The van der Waals surface area contributed by atoms with Crippen LogP contribution in [0.1, 0.15) is 11.4 Å². The summed E-state index contributed by atoms with van der Waals surface area (Å²) in [7, 11) is 0. The fraction of sp³-hybridized carbons (Fsp3) is 0.125. The molecule has 4 aromatic heterocycles. The molecule has 22 heteroatoms. The van der Waals surface area contributed by atoms with Gasteiger partial charge in [-0.2, -0.15) is 41.3 Å². The van der Waals surface area contributed by atoms with E-state index in [1.807, 2.05) is 84.9 Å². The number of alkyl halides is 6. The summed E-state index contributed by atoms with van der Waals surface area (Å²) < 4.78 is 69.3. The Balaban J connectivity index is 0.000000304. The number of para-hydroxylation sites is 4. The maximum atomic E-state index is 10.6. The number of pyridine rings is 2. The van der Waals surface area contributed by atoms with Crippen molar-refractivity contribution < 1.29 is 50.6 Å². The van der Waals surface area contributed by atoms with Crippen LogP contribution >= 0.6 is 0 Å². The lowest BCUT2D eigenvalue weighted by Gasteiger charge is -2.36. The average Bonchev–Trinajstić information content (AvgIpc) is 3.88. The Bertz CT molecular complexity index is 2120. The van der Waals surface area contributed by atoms with E-state index in [1.54, 1.807) is 12.4 Å². The van der Waals surface area contributed by atoms with Gasteiger partial charge in [-0.25, -0.2) is 14.6 Å². The summed E-state index contributed by atoms with van der Waals surface area (Å²) in [6.45, 7) is 0. The maximum absolute atomic E-state index is 10.6. The summed E-state index contributed by atoms with van der Waals surface area (Å²) in [5.41, 5.74) is 2.24. The quantitative estimate of drug-likeness (QED) is 0.123. The molecule has 8 rings (SSSR count). The number of nitrogens with zero attached hydrogens (tertiary/aromatic N) is 6. The number of oxazole rings is 1. The summed E-state index contributed by atoms with van der Waals surface area (Å²) in [5.74, 6) is -4.20. The zero-order valence-electron chi connectivity index (χ0n) is 26.8. The molecule has 7 N–H and O–H groups in total. The van der Waals surface area contributed by atoms with Gasteiger partial charge in [0.1, 0.15) is 5.52 Å². The molecule has 2 unspecified atom stereocenters. The number of aliphatic imine (C=N–C) groups is 2. The molecular formula is C32H23F6N11O5. The second-order valence-electron chi connectivity index (χ2n) is 11.0. The molecule has 54 heavy (non-hydrogen) atoms. The molecule has 0 bridgehead atoms. The Kier molecular flexibility index (Phi) is 9.50. The van der Waals surface area contributed by atoms with Gasteiger partial charge in [-0.1, -0.05) is 36.4 Å². The molecule has 0 radical (unpaired) electrons. The lowest BCUT2D eigenvalue weighted by atomic mass is 9.88. The fourth-order valence-electron chi connectivity index (χ4n) is 5.23. The minimum atomic E-state index is -5.08. The Morgan fingerprint density at radius 1 is 0.630 bits per heavy atom. The van der Waals surface area contributed by atoms with Gasteiger partial charge in [0, 0.05) is 12.4 Å². The van der Waals surface area contributed by atoms with E-state index in [-0.39, 0.29) is 6.01 Å². The predicted molar refractivity (Wildman–Crippen MR) is 176 cm³/mol. The van der Waals surface area contributed by atoms with E-state index in [0.29, 0.717) is 34.8 Å². The van der Waals surface area contributed by atoms with E-state index < -0.39 is 35.6 Å². The van der Waals surface area contributed by atoms with Gasteiger partial charge in [-0.3, -0.25) is 9.97 Å². The normalized spacial score (nSPS) is 18.8. The van der Waals surface area contributed by atoms with Gasteiger partial charge in [0.2, 0.25) is 29.2 Å². The summed E-state index contributed by atoms with van der Waals surface area (Å²) in [4.78, 5) is 49.0. The van der Waals surface area contributed by atoms with Crippen LogP contribution in [-0.2, 0) is 20.9 Å². The number of fused-ring (bicyclic) bond motifs is 3. The molecule has 0 spiro atoms. The van der Waals surface area contributed by atoms with Crippen molar-refractivity contribution in [1.82, 2.24) is 46.2 Å². The van der Waals surface area contributed by atoms with Gasteiger partial charge in [0.05, 0.1) is 22.4 Å². The summed E-state index contributed by atoms with van der Waals surface area (Å²) >= 11 is 0. The number of rotatable bonds is 4. The number of H-pyrrole nitrogens is 1. The number of carbonyl (C=O) groups is 2. The molecule has 2 aliphatic rings. The molecule has 2 fully saturated rings. The van der Waals surface area contributed by atoms with Gasteiger partial charge in [0.25, 0.3) is 0 Å². The third-order valence-corrected chi connectivity index (χ3v) is 7.45. The molecule has 2 aliphatic heterocycles. The number of carboxylic acid groups (broad SMARTS) is 2. The molecule has 278 valence electrons. The highest BCUT2D eigenvalue weighted by molar-refractivity contribution is 5.95. The topological polar surface area (TPSA) is 228 Å². The van der Waals surface area contributed by atoms with Crippen molar-refractivity contribution in [3.8, 4) is 0 Å². The molecule has 2 saturated heterocycles. The highest BCUT2D eigenvalue weighted by atomic mass is 19.4. The number of hydrogen-bond acceptors (Lipinski definition) is 9. The number of imidazole rings is 1. The monoisotopic (exact) mass is 755 g/mol. The van der Waals surface area contributed by atoms with Crippen LogP contribution < -0.4 is 21.3 Å². The third-order valence-electron chi connectivity index (χ3n) is 7.45. The molecule has 0 saturated carbocycles. The molecule has 2 aromatic carbocycles. The van der Waals surface area contributed by atoms with E-state index in [9.17, 15) is 26.3 Å². The number of carboxylic acids is 2. The van der Waals surface area contributed by atoms with Crippen molar-refractivity contribution in [3.63, 3.8) is 0 Å². The van der Waals surface area contributed by atoms with Crippen molar-refractivity contribution in [1.29, 1.82) is 0 Å². The van der Waals surface area contributed by atoms with Crippen LogP contribution in [0.25, 0.3) is 22.1 Å². The van der Waals surface area contributed by atoms with Gasteiger partial charge < -0.3 is 40.9 Å². The molecular weight excluding hydrogens is 732 g/mol. The Morgan fingerprint density at radius 2 is 1.09 bits per heavy atom. The lowest BCUT2D eigenvalue weighted by Crippen LogP contribution is -2.61. The first-order valence-electron chi connectivity index (χ1n) is 15.1. The van der Waals surface area contributed by atoms with Crippen LogP contribution in [0.3, 0.4) is 0 Å². The van der Waals surface area contributed by atoms with E-state index in [1.165, 1.54) is 0 Å². The number of aromatic amines is 1. The SMILES string of the molecule is O=C(O)C(F)(F)F.O=C(O)C(F)(F)F.c1ccc(C23NC(=Nc4nc5ccccc5[nH]4)NC2(c2ccccn2)NC(=Nc2nc4ccccc4o2)N3)nc1. The summed E-state index contributed by atoms with van der Waals surface area (Å²) in [6.07, 6.45) is -6.69. The summed E-state index contributed by atoms with van der Waals surface area (Å²) in [6, 6.07) is 26.9. The molecule has 2 atom stereocenters. The van der Waals surface area contributed by atoms with Crippen LogP contribution in [0.5, 0.6) is 0 Å². The minimum absolute atomic E-state index is 0.208. The van der Waals surface area contributed by atoms with Gasteiger partial charge in [-0.05, 0) is 48.5 Å². The Hall–Kier alpha value is -7.26. The highest BCUT2D eigenvalue weighted by Crippen LogP contribution is 2.42. The van der Waals surface area contributed by atoms with Crippen LogP contribution in [0.4, 0.5) is 38.3 Å². The van der Waals surface area contributed by atoms with Crippen molar-refractivity contribution in [2.75, 3.05) is 0 Å². The number of aromatic nitrogens is 5. The number of hydrogen-bond donors (Lipinski definition) is 7. The first-order chi connectivity index (χ1) is 25.6. The van der Waals surface area contributed by atoms with Crippen LogP contribution in [-0.4, -0.2) is 71.3 Å². The first kappa shape index (κ1) is 36.5. The number of nitrogens with one attached hydrogen (secondary N) is 5. The maximum Gasteiger partial charge on any atom is 0.490 e. The highest BCUT2D eigenvalue weighted by Gasteiger charge is 2.67. The zero-order chi connectivity index (χ0) is 38.7. The largest absolute Gasteiger partial charge is 0.490 e. The van der Waals surface area contributed by atoms with Crippen molar-refractivity contribution in [2.24, 2.45) is 9.98 Å². The van der Waals surface area contributed by atoms with Gasteiger partial charge in [0.15, 0.2) is 5.58 Å². The van der Waals surface area contributed by atoms with E-state index >= 15 is 0 Å². The number of guanidine groups is 2. The van der Waals surface area contributed by atoms with Crippen molar-refractivity contribution in [3.05, 3.63) is 109 Å². The average molecular weight is 756 g/mol. The predicted octanol–water partition coefficient (Wildman–Crippen LogP) is 4.53. The molecule has 16 nitrogen and oxygen atoms in total. The first-order valence-corrected chi connectivity index (χ1v) is 15.1. The molecule has 6 aromatic rings. The fourth-order valence-corrected chi connectivity index (χ4v) is 5.23. The van der Waals surface area contributed by atoms with E-state index in [2.05, 4.69) is 41.2 Å². The number of halogens is 6. The molecule has 0 aliphatic carbocycles. The van der Waals surface area contributed by atoms with E-state index in [4.69, 9.17) is 39.2 Å². The Morgan fingerprint density at radius 3 is 1.56 bits per heavy atom. The van der Waals surface area contributed by atoms with Crippen molar-refractivity contribution >= 4 is 58.0 Å². The number of benzene rings is 2. The molecule has 6 heterocycles. The second-order valence-corrected chi connectivity index (χ2v) is 11.0. The van der Waals surface area contributed by atoms with Crippen LogP contribution in [0.15, 0.2) is 112 Å². The van der Waals surface area contributed by atoms with E-state index in [0.717, 1.165) is 16.6 Å². The molecule has 0 amide bonds. The third kappa shape index (κ3) is 7.37. The second kappa shape index (κ2) is 14.0. The zero-order valence-corrected chi connectivity index (χ0v) is 26.8. The van der Waals surface area contributed by atoms with Gasteiger partial charge in [-0.15, -0.1) is 0 Å². The lowest BCUT2D eigenvalue weighted by molar-refractivity contribution is -0.193. The van der Waals surface area contributed by atoms with Crippen LogP contribution in [0.2, 0.25) is 0 Å². The smallest absolute Gasteiger partial charge is 0.475 e. The number of aliphatic carboxylic acids is 2.